The van der Waals surface area contributed by atoms with Crippen LogP contribution in [0.15, 0.2) is 40.8 Å². The molecule has 3 rings (SSSR count). The zero-order chi connectivity index (χ0) is 18.0. The number of hydrogen-bond donors (Lipinski definition) is 2. The minimum Gasteiger partial charge on any atom is -0.451 e. The van der Waals surface area contributed by atoms with Gasteiger partial charge in [-0.15, -0.1) is 0 Å². The number of hydrogen-bond acceptors (Lipinski definition) is 5. The normalized spacial score (nSPS) is 18.7. The summed E-state index contributed by atoms with van der Waals surface area (Å²) in [5.74, 6) is -1.64. The van der Waals surface area contributed by atoms with Gasteiger partial charge in [-0.3, -0.25) is 20.4 Å². The maximum atomic E-state index is 12.1. The second-order valence-electron chi connectivity index (χ2n) is 5.69. The zero-order valence-corrected chi connectivity index (χ0v) is 14.6. The molecule has 7 nitrogen and oxygen atoms in total. The van der Waals surface area contributed by atoms with E-state index in [1.165, 1.54) is 6.07 Å². The van der Waals surface area contributed by atoms with Crippen molar-refractivity contribution in [2.75, 3.05) is 11.5 Å². The van der Waals surface area contributed by atoms with Crippen molar-refractivity contribution in [3.05, 3.63) is 47.2 Å². The molecular weight excluding hydrogens is 368 g/mol. The third-order valence-electron chi connectivity index (χ3n) is 3.87. The van der Waals surface area contributed by atoms with Gasteiger partial charge in [-0.05, 0) is 30.7 Å². The highest BCUT2D eigenvalue weighted by atomic mass is 35.5. The molecule has 1 aromatic carbocycles. The zero-order valence-electron chi connectivity index (χ0n) is 13.0. The summed E-state index contributed by atoms with van der Waals surface area (Å²) in [6.45, 7) is 0. The van der Waals surface area contributed by atoms with Crippen LogP contribution in [-0.4, -0.2) is 31.7 Å². The molecule has 132 valence electrons. The molecule has 0 unspecified atom stereocenters. The number of benzene rings is 1. The summed E-state index contributed by atoms with van der Waals surface area (Å²) in [6.07, 6.45) is 0.251. The van der Waals surface area contributed by atoms with Gasteiger partial charge in [-0.2, -0.15) is 0 Å². The Hall–Kier alpha value is -2.32. The van der Waals surface area contributed by atoms with Crippen molar-refractivity contribution in [3.63, 3.8) is 0 Å². The van der Waals surface area contributed by atoms with Crippen molar-refractivity contribution in [3.8, 4) is 11.3 Å². The van der Waals surface area contributed by atoms with E-state index >= 15 is 0 Å². The first-order valence-corrected chi connectivity index (χ1v) is 9.71. The van der Waals surface area contributed by atoms with Crippen LogP contribution in [0.3, 0.4) is 0 Å². The van der Waals surface area contributed by atoms with E-state index in [-0.39, 0.29) is 23.7 Å². The number of halogens is 1. The lowest BCUT2D eigenvalue weighted by molar-refractivity contribution is -0.125. The third-order valence-corrected chi connectivity index (χ3v) is 5.97. The van der Waals surface area contributed by atoms with E-state index < -0.39 is 27.6 Å². The van der Waals surface area contributed by atoms with E-state index in [1.54, 1.807) is 30.3 Å². The van der Waals surface area contributed by atoms with Crippen molar-refractivity contribution >= 4 is 33.3 Å². The van der Waals surface area contributed by atoms with Gasteiger partial charge in [0.25, 0.3) is 0 Å². The number of carbonyl (C=O) groups is 2. The average Bonchev–Trinajstić information content (AvgIpc) is 3.19. The topological polar surface area (TPSA) is 105 Å². The molecule has 2 amide bonds. The van der Waals surface area contributed by atoms with Crippen LogP contribution in [0, 0.1) is 5.92 Å². The molecule has 0 radical (unpaired) electrons. The molecule has 1 aliphatic rings. The molecular formula is C16H15ClN2O5S. The van der Waals surface area contributed by atoms with E-state index in [0.717, 1.165) is 0 Å². The maximum absolute atomic E-state index is 12.1. The van der Waals surface area contributed by atoms with Crippen LogP contribution >= 0.6 is 11.6 Å². The van der Waals surface area contributed by atoms with Crippen LogP contribution in [-0.2, 0) is 14.6 Å². The Kier molecular flexibility index (Phi) is 4.82. The first-order chi connectivity index (χ1) is 11.9. The van der Waals surface area contributed by atoms with Gasteiger partial charge in [0.15, 0.2) is 15.6 Å². The second kappa shape index (κ2) is 6.89. The van der Waals surface area contributed by atoms with E-state index in [4.69, 9.17) is 16.0 Å². The van der Waals surface area contributed by atoms with Crippen LogP contribution in [0.2, 0.25) is 5.02 Å². The predicted octanol–water partition coefficient (Wildman–Crippen LogP) is 1.80. The molecule has 0 aliphatic carbocycles. The monoisotopic (exact) mass is 382 g/mol. The molecule has 1 aliphatic heterocycles. The highest BCUT2D eigenvalue weighted by Gasteiger charge is 2.33. The van der Waals surface area contributed by atoms with Crippen LogP contribution in [0.25, 0.3) is 11.3 Å². The van der Waals surface area contributed by atoms with E-state index in [9.17, 15) is 18.0 Å². The van der Waals surface area contributed by atoms with Gasteiger partial charge in [0.05, 0.1) is 22.4 Å². The average molecular weight is 383 g/mol. The maximum Gasteiger partial charge on any atom is 0.305 e. The summed E-state index contributed by atoms with van der Waals surface area (Å²) in [5.41, 5.74) is 5.10. The van der Waals surface area contributed by atoms with Crippen LogP contribution in [0.1, 0.15) is 17.0 Å². The van der Waals surface area contributed by atoms with Crippen LogP contribution < -0.4 is 10.9 Å². The highest BCUT2D eigenvalue weighted by molar-refractivity contribution is 7.91. The summed E-state index contributed by atoms with van der Waals surface area (Å²) in [5, 5.41) is 0.486. The number of furan rings is 1. The van der Waals surface area contributed by atoms with Gasteiger partial charge in [-0.1, -0.05) is 23.7 Å². The molecule has 2 heterocycles. The van der Waals surface area contributed by atoms with Crippen molar-refractivity contribution in [1.82, 2.24) is 10.9 Å². The number of rotatable bonds is 3. The highest BCUT2D eigenvalue weighted by Crippen LogP contribution is 2.28. The molecule has 2 aromatic rings. The molecule has 1 saturated heterocycles. The lowest BCUT2D eigenvalue weighted by Crippen LogP contribution is -2.44. The fourth-order valence-electron chi connectivity index (χ4n) is 2.55. The first-order valence-electron chi connectivity index (χ1n) is 7.51. The van der Waals surface area contributed by atoms with Gasteiger partial charge >= 0.3 is 5.91 Å². The lowest BCUT2D eigenvalue weighted by atomic mass is 10.1. The molecule has 0 saturated carbocycles. The molecule has 1 fully saturated rings. The fraction of sp³-hybridized carbons (Fsp3) is 0.250. The van der Waals surface area contributed by atoms with Crippen LogP contribution in [0.4, 0.5) is 0 Å². The molecule has 1 aromatic heterocycles. The third kappa shape index (κ3) is 4.02. The Bertz CT molecular complexity index is 922. The summed E-state index contributed by atoms with van der Waals surface area (Å²) < 4.78 is 28.2. The van der Waals surface area contributed by atoms with Gasteiger partial charge in [-0.25, -0.2) is 8.42 Å². The SMILES string of the molecule is O=C(NNC(=O)[C@@H]1CCS(=O)(=O)C1)c1ccc(-c2ccccc2Cl)o1. The minimum atomic E-state index is -3.17. The molecule has 2 N–H and O–H groups in total. The number of amides is 2. The summed E-state index contributed by atoms with van der Waals surface area (Å²) >= 11 is 6.08. The standard InChI is InChI=1S/C16H15ClN2O5S/c17-12-4-2-1-3-11(12)13-5-6-14(24-13)16(21)19-18-15(20)10-7-8-25(22,23)9-10/h1-6,10H,7-9H2,(H,18,20)(H,19,21)/t10-/m1/s1. The first kappa shape index (κ1) is 17.5. The van der Waals surface area contributed by atoms with Gasteiger partial charge in [0.1, 0.15) is 5.76 Å². The Labute approximate surface area is 149 Å². The molecule has 0 spiro atoms. The van der Waals surface area contributed by atoms with E-state index in [1.807, 2.05) is 0 Å². The minimum absolute atomic E-state index is 0.00531. The van der Waals surface area contributed by atoms with Crippen molar-refractivity contribution < 1.29 is 22.4 Å². The summed E-state index contributed by atoms with van der Waals surface area (Å²) in [7, 11) is -3.17. The Morgan fingerprint density at radius 3 is 2.56 bits per heavy atom. The molecule has 0 bridgehead atoms. The lowest BCUT2D eigenvalue weighted by Gasteiger charge is -2.09. The number of nitrogens with one attached hydrogen (secondary N) is 2. The van der Waals surface area contributed by atoms with E-state index in [2.05, 4.69) is 10.9 Å². The van der Waals surface area contributed by atoms with E-state index in [0.29, 0.717) is 16.3 Å². The smallest absolute Gasteiger partial charge is 0.305 e. The van der Waals surface area contributed by atoms with Gasteiger partial charge < -0.3 is 4.42 Å². The quantitative estimate of drug-likeness (QED) is 0.787. The number of carbonyl (C=O) groups excluding carboxylic acids is 2. The molecule has 25 heavy (non-hydrogen) atoms. The summed E-state index contributed by atoms with van der Waals surface area (Å²) in [6, 6.07) is 10.1. The fourth-order valence-corrected chi connectivity index (χ4v) is 4.52. The predicted molar refractivity (Wildman–Crippen MR) is 91.5 cm³/mol. The second-order valence-corrected chi connectivity index (χ2v) is 8.32. The van der Waals surface area contributed by atoms with Gasteiger partial charge in [0.2, 0.25) is 5.91 Å². The van der Waals surface area contributed by atoms with Gasteiger partial charge in [0, 0.05) is 5.56 Å². The number of sulfone groups is 1. The van der Waals surface area contributed by atoms with Crippen LogP contribution in [0.5, 0.6) is 0 Å². The Morgan fingerprint density at radius 2 is 1.88 bits per heavy atom. The Morgan fingerprint density at radius 1 is 1.12 bits per heavy atom. The summed E-state index contributed by atoms with van der Waals surface area (Å²) in [4.78, 5) is 24.0. The van der Waals surface area contributed by atoms with Crippen molar-refractivity contribution in [2.24, 2.45) is 5.92 Å². The van der Waals surface area contributed by atoms with Crippen molar-refractivity contribution in [1.29, 1.82) is 0 Å². The molecule has 1 atom stereocenters. The van der Waals surface area contributed by atoms with Crippen molar-refractivity contribution in [2.45, 2.75) is 6.42 Å². The number of hydrazine groups is 1. The largest absolute Gasteiger partial charge is 0.451 e. The molecule has 9 heteroatoms. The Balaban J connectivity index is 1.61.